The van der Waals surface area contributed by atoms with Crippen LogP contribution in [0.15, 0.2) is 71.3 Å². The first-order valence-electron chi connectivity index (χ1n) is 20.0. The Hall–Kier alpha value is -1.40. The van der Waals surface area contributed by atoms with E-state index in [1.807, 2.05) is 12.2 Å². The maximum absolute atomic E-state index is 10.3. The number of hydrogen-bond acceptors (Lipinski definition) is 8. The Balaban J connectivity index is 0.000000286. The smallest absolute Gasteiger partial charge is 0.0724 e. The van der Waals surface area contributed by atoms with Crippen LogP contribution in [0.25, 0.3) is 0 Å². The number of halogens is 1. The van der Waals surface area contributed by atoms with Gasteiger partial charge >= 0.3 is 0 Å². The van der Waals surface area contributed by atoms with Crippen LogP contribution in [0.2, 0.25) is 0 Å². The van der Waals surface area contributed by atoms with Gasteiger partial charge in [-0.05, 0) is 174 Å². The normalized spacial score (nSPS) is 24.6. The van der Waals surface area contributed by atoms with Crippen LogP contribution in [0.5, 0.6) is 0 Å². The van der Waals surface area contributed by atoms with E-state index < -0.39 is 12.2 Å². The minimum atomic E-state index is -0.432. The van der Waals surface area contributed by atoms with Crippen molar-refractivity contribution in [1.29, 1.82) is 0 Å². The van der Waals surface area contributed by atoms with Crippen LogP contribution in [0.4, 0.5) is 0 Å². The molecule has 2 aromatic rings. The Morgan fingerprint density at radius 1 is 0.698 bits per heavy atom. The largest absolute Gasteiger partial charge is 0.396 e. The van der Waals surface area contributed by atoms with Crippen LogP contribution < -0.4 is 0 Å². The van der Waals surface area contributed by atoms with Crippen molar-refractivity contribution in [3.05, 3.63) is 90.8 Å². The Kier molecular flexibility index (Phi) is 23.0. The second kappa shape index (κ2) is 26.5. The van der Waals surface area contributed by atoms with E-state index in [1.165, 1.54) is 19.5 Å². The quantitative estimate of drug-likeness (QED) is 0.0520. The molecule has 0 bridgehead atoms. The zero-order valence-corrected chi connectivity index (χ0v) is 35.3. The first kappa shape index (κ1) is 46.0. The standard InChI is InChI=1S/C22H33BrO3S.C22H34O3S/c1-16-21(23)15-19(27-16)12-11-18(25)10-8-17-9-13-22(26)20(17)7-5-3-2-4-6-14-24;1-17-8-13-20(26-17)14-12-19(24)11-9-18-10-15-22(25)21(18)7-5-3-2-4-6-16-23/h3,5,8,10,15,17-18,20,22,24-26H,2,4,6-7,9,11-14H2,1H3;3,5,8-9,11,13,18-19,21-25H,2,4,6-7,10,12,14-16H2,1H3/b5-3-,10-8+;5-3-,11-9+/t17-,18+,20+,22?;18-,19+,21+,22?/m00/s1. The fourth-order valence-electron chi connectivity index (χ4n) is 7.36. The van der Waals surface area contributed by atoms with E-state index in [1.54, 1.807) is 22.7 Å². The van der Waals surface area contributed by atoms with E-state index >= 15 is 0 Å². The highest BCUT2D eigenvalue weighted by Crippen LogP contribution is 2.37. The summed E-state index contributed by atoms with van der Waals surface area (Å²) < 4.78 is 1.15. The minimum Gasteiger partial charge on any atom is -0.396 e. The number of aliphatic hydroxyl groups excluding tert-OH is 6. The number of thiophene rings is 2. The summed E-state index contributed by atoms with van der Waals surface area (Å²) in [5.74, 6) is 1.20. The van der Waals surface area contributed by atoms with E-state index in [2.05, 4.69) is 84.4 Å². The van der Waals surface area contributed by atoms with Crippen molar-refractivity contribution in [2.75, 3.05) is 13.2 Å². The predicted octanol–water partition coefficient (Wildman–Crippen LogP) is 9.57. The molecule has 2 fully saturated rings. The third-order valence-electron chi connectivity index (χ3n) is 10.6. The van der Waals surface area contributed by atoms with E-state index in [4.69, 9.17) is 10.2 Å². The van der Waals surface area contributed by atoms with Crippen molar-refractivity contribution >= 4 is 38.6 Å². The van der Waals surface area contributed by atoms with Crippen molar-refractivity contribution in [3.63, 3.8) is 0 Å². The number of allylic oxidation sites excluding steroid dienone is 6. The number of aliphatic hydroxyl groups is 6. The molecular weight excluding hydrogens is 769 g/mol. The lowest BCUT2D eigenvalue weighted by Crippen LogP contribution is -2.17. The molecule has 0 saturated heterocycles. The van der Waals surface area contributed by atoms with Gasteiger partial charge in [0.1, 0.15) is 0 Å². The fourth-order valence-corrected chi connectivity index (χ4v) is 9.88. The highest BCUT2D eigenvalue weighted by atomic mass is 79.9. The molecule has 0 amide bonds. The molecule has 6 nitrogen and oxygen atoms in total. The van der Waals surface area contributed by atoms with E-state index in [0.717, 1.165) is 107 Å². The average Bonchev–Trinajstić information content (AvgIpc) is 3.91. The zero-order valence-electron chi connectivity index (χ0n) is 32.1. The number of aryl methyl sites for hydroxylation is 4. The van der Waals surface area contributed by atoms with Gasteiger partial charge in [-0.2, -0.15) is 0 Å². The van der Waals surface area contributed by atoms with Crippen LogP contribution in [0.1, 0.15) is 109 Å². The van der Waals surface area contributed by atoms with Gasteiger partial charge in [0.05, 0.1) is 24.4 Å². The number of hydrogen-bond donors (Lipinski definition) is 6. The molecule has 2 heterocycles. The minimum absolute atomic E-state index is 0.238. The van der Waals surface area contributed by atoms with Crippen LogP contribution >= 0.6 is 38.6 Å². The van der Waals surface area contributed by atoms with Crippen molar-refractivity contribution in [1.82, 2.24) is 0 Å². The summed E-state index contributed by atoms with van der Waals surface area (Å²) in [6.07, 6.45) is 29.9. The molecule has 6 N–H and O–H groups in total. The second-order valence-corrected chi connectivity index (χ2v) is 18.5. The molecule has 2 saturated carbocycles. The van der Waals surface area contributed by atoms with Crippen molar-refractivity contribution < 1.29 is 30.6 Å². The number of unbranched alkanes of at least 4 members (excludes halogenated alkanes) is 4. The molecule has 0 radical (unpaired) electrons. The Morgan fingerprint density at radius 2 is 1.21 bits per heavy atom. The molecule has 2 unspecified atom stereocenters. The monoisotopic (exact) mass is 834 g/mol. The fraction of sp³-hybridized carbons (Fsp3) is 0.636. The van der Waals surface area contributed by atoms with Crippen molar-refractivity contribution in [2.24, 2.45) is 23.7 Å². The third-order valence-corrected chi connectivity index (χ3v) is 13.9. The third kappa shape index (κ3) is 17.9. The van der Waals surface area contributed by atoms with Gasteiger partial charge in [0.2, 0.25) is 0 Å². The highest BCUT2D eigenvalue weighted by molar-refractivity contribution is 9.10. The molecular formula is C44H67BrO6S2. The van der Waals surface area contributed by atoms with Crippen LogP contribution in [-0.2, 0) is 12.8 Å². The molecule has 0 aromatic carbocycles. The molecule has 0 spiro atoms. The van der Waals surface area contributed by atoms with Gasteiger partial charge in [-0.1, -0.05) is 48.6 Å². The first-order valence-corrected chi connectivity index (χ1v) is 22.4. The molecule has 4 rings (SSSR count). The van der Waals surface area contributed by atoms with Gasteiger partial charge in [-0.25, -0.2) is 0 Å². The lowest BCUT2D eigenvalue weighted by molar-refractivity contribution is 0.125. The topological polar surface area (TPSA) is 121 Å². The van der Waals surface area contributed by atoms with Gasteiger partial charge in [-0.3, -0.25) is 0 Å². The maximum atomic E-state index is 10.3. The Labute approximate surface area is 336 Å². The summed E-state index contributed by atoms with van der Waals surface area (Å²) >= 11 is 7.12. The SMILES string of the molecule is Cc1ccc(CC[C@H](O)/C=C/[C@H]2CCC(O)[C@@H]2C/C=C\CCCCO)s1.Cc1sc(CC[C@H](O)/C=C/[C@H]2CCC(O)[C@@H]2C/C=C\CCCCO)cc1Br. The summed E-state index contributed by atoms with van der Waals surface area (Å²) in [6.45, 7) is 4.72. The Bertz CT molecular complexity index is 1360. The molecule has 8 atom stereocenters. The van der Waals surface area contributed by atoms with E-state index in [9.17, 15) is 20.4 Å². The van der Waals surface area contributed by atoms with Crippen molar-refractivity contribution in [3.8, 4) is 0 Å². The van der Waals surface area contributed by atoms with Crippen LogP contribution in [-0.4, -0.2) is 68.3 Å². The van der Waals surface area contributed by atoms with Gasteiger partial charge < -0.3 is 30.6 Å². The summed E-state index contributed by atoms with van der Waals surface area (Å²) in [5.41, 5.74) is 0. The molecule has 298 valence electrons. The summed E-state index contributed by atoms with van der Waals surface area (Å²) in [4.78, 5) is 5.22. The van der Waals surface area contributed by atoms with E-state index in [-0.39, 0.29) is 37.3 Å². The lowest BCUT2D eigenvalue weighted by atomic mass is 9.90. The molecule has 53 heavy (non-hydrogen) atoms. The molecule has 2 aliphatic carbocycles. The summed E-state index contributed by atoms with van der Waals surface area (Å²) in [7, 11) is 0. The molecule has 2 aromatic heterocycles. The summed E-state index contributed by atoms with van der Waals surface area (Å²) in [5, 5.41) is 58.7. The predicted molar refractivity (Wildman–Crippen MR) is 227 cm³/mol. The van der Waals surface area contributed by atoms with Gasteiger partial charge in [0.15, 0.2) is 0 Å². The van der Waals surface area contributed by atoms with Crippen LogP contribution in [0, 0.1) is 37.5 Å². The van der Waals surface area contributed by atoms with Crippen LogP contribution in [0.3, 0.4) is 0 Å². The molecule has 2 aliphatic rings. The Morgan fingerprint density at radius 3 is 1.64 bits per heavy atom. The average molecular weight is 836 g/mol. The zero-order chi connectivity index (χ0) is 38.4. The second-order valence-electron chi connectivity index (χ2n) is 14.9. The van der Waals surface area contributed by atoms with Crippen molar-refractivity contribution in [2.45, 2.75) is 141 Å². The molecule has 9 heteroatoms. The summed E-state index contributed by atoms with van der Waals surface area (Å²) in [6, 6.07) is 6.42. The van der Waals surface area contributed by atoms with Gasteiger partial charge in [0.25, 0.3) is 0 Å². The lowest BCUT2D eigenvalue weighted by Gasteiger charge is -2.18. The number of rotatable bonds is 22. The van der Waals surface area contributed by atoms with E-state index in [0.29, 0.717) is 11.8 Å². The molecule has 0 aliphatic heterocycles. The van der Waals surface area contributed by atoms with Gasteiger partial charge in [-0.15, -0.1) is 22.7 Å². The maximum Gasteiger partial charge on any atom is 0.0724 e. The highest BCUT2D eigenvalue weighted by Gasteiger charge is 2.33. The first-order chi connectivity index (χ1) is 25.6. The van der Waals surface area contributed by atoms with Gasteiger partial charge in [0, 0.05) is 37.2 Å².